The lowest BCUT2D eigenvalue weighted by atomic mass is 9.95. The maximum atomic E-state index is 13.1. The molecule has 0 amide bonds. The van der Waals surface area contributed by atoms with Gasteiger partial charge in [0.05, 0.1) is 4.90 Å². The molecular weight excluding hydrogens is 291 g/mol. The van der Waals surface area contributed by atoms with Crippen LogP contribution >= 0.6 is 12.4 Å². The van der Waals surface area contributed by atoms with Crippen molar-refractivity contribution in [2.45, 2.75) is 37.1 Å². The summed E-state index contributed by atoms with van der Waals surface area (Å²) < 4.78 is 39.9. The quantitative estimate of drug-likeness (QED) is 0.844. The van der Waals surface area contributed by atoms with E-state index in [9.17, 15) is 12.8 Å². The van der Waals surface area contributed by atoms with Crippen LogP contribution in [0.15, 0.2) is 29.2 Å². The van der Waals surface area contributed by atoms with Gasteiger partial charge in [0, 0.05) is 12.1 Å². The molecule has 0 atom stereocenters. The minimum atomic E-state index is -3.75. The fraction of sp³-hybridized carbons (Fsp3) is 0.500. The number of halogens is 2. The minimum absolute atomic E-state index is 0. The van der Waals surface area contributed by atoms with Gasteiger partial charge < -0.3 is 5.73 Å². The molecule has 4 nitrogen and oxygen atoms in total. The lowest BCUT2D eigenvalue weighted by Gasteiger charge is -2.30. The summed E-state index contributed by atoms with van der Waals surface area (Å²) in [5, 5.41) is 0. The number of benzene rings is 1. The molecule has 110 valence electrons. The van der Waals surface area contributed by atoms with Crippen LogP contribution < -0.4 is 10.5 Å². The summed E-state index contributed by atoms with van der Waals surface area (Å²) in [7, 11) is -3.75. The number of nitrogens with two attached hydrogens (primary N) is 1. The first kappa shape index (κ1) is 18.3. The monoisotopic (exact) mass is 310 g/mol. The van der Waals surface area contributed by atoms with Crippen molar-refractivity contribution in [3.05, 3.63) is 30.1 Å². The van der Waals surface area contributed by atoms with Gasteiger partial charge in [-0.2, -0.15) is 0 Å². The van der Waals surface area contributed by atoms with E-state index in [0.717, 1.165) is 6.07 Å². The normalized spacial score (nSPS) is 12.0. The smallest absolute Gasteiger partial charge is 0.241 e. The van der Waals surface area contributed by atoms with E-state index in [1.165, 1.54) is 18.2 Å². The second kappa shape index (κ2) is 7.19. The summed E-state index contributed by atoms with van der Waals surface area (Å²) in [5.74, 6) is -0.579. The van der Waals surface area contributed by atoms with Crippen molar-refractivity contribution in [1.29, 1.82) is 0 Å². The largest absolute Gasteiger partial charge is 0.329 e. The third-order valence-corrected chi connectivity index (χ3v) is 4.78. The third-order valence-electron chi connectivity index (χ3n) is 3.20. The number of rotatable bonds is 6. The molecule has 0 saturated carbocycles. The van der Waals surface area contributed by atoms with Crippen LogP contribution in [0.1, 0.15) is 26.7 Å². The topological polar surface area (TPSA) is 72.2 Å². The van der Waals surface area contributed by atoms with Gasteiger partial charge in [0.2, 0.25) is 10.0 Å². The molecule has 1 aromatic rings. The van der Waals surface area contributed by atoms with Gasteiger partial charge in [0.25, 0.3) is 0 Å². The lowest BCUT2D eigenvalue weighted by Crippen LogP contribution is -2.52. The molecule has 0 unspecified atom stereocenters. The summed E-state index contributed by atoms with van der Waals surface area (Å²) in [6.45, 7) is 3.93. The van der Waals surface area contributed by atoms with E-state index in [1.807, 2.05) is 13.8 Å². The van der Waals surface area contributed by atoms with E-state index in [4.69, 9.17) is 5.73 Å². The van der Waals surface area contributed by atoms with Gasteiger partial charge in [-0.05, 0) is 31.0 Å². The summed E-state index contributed by atoms with van der Waals surface area (Å²) in [5.41, 5.74) is 4.97. The standard InChI is InChI=1S/C12H19FN2O2S.ClH/c1-3-12(4-2,9-14)15-18(16,17)11-7-5-6-10(13)8-11;/h5-8,15H,3-4,9,14H2,1-2H3;1H. The molecule has 0 radical (unpaired) electrons. The second-order valence-corrected chi connectivity index (χ2v) is 5.94. The Morgan fingerprint density at radius 3 is 2.32 bits per heavy atom. The fourth-order valence-electron chi connectivity index (χ4n) is 1.70. The molecule has 1 aromatic carbocycles. The van der Waals surface area contributed by atoms with Crippen LogP contribution in [0.4, 0.5) is 4.39 Å². The second-order valence-electron chi connectivity index (χ2n) is 4.25. The van der Waals surface area contributed by atoms with Crippen LogP contribution in [0.5, 0.6) is 0 Å². The molecule has 0 heterocycles. The minimum Gasteiger partial charge on any atom is -0.329 e. The molecule has 3 N–H and O–H groups in total. The Morgan fingerprint density at radius 2 is 1.89 bits per heavy atom. The molecule has 0 aliphatic rings. The van der Waals surface area contributed by atoms with Crippen molar-refractivity contribution >= 4 is 22.4 Å². The highest BCUT2D eigenvalue weighted by molar-refractivity contribution is 7.89. The Balaban J connectivity index is 0.00000324. The molecule has 7 heteroatoms. The van der Waals surface area contributed by atoms with E-state index in [1.54, 1.807) is 0 Å². The van der Waals surface area contributed by atoms with Crippen molar-refractivity contribution in [2.75, 3.05) is 6.54 Å². The summed E-state index contributed by atoms with van der Waals surface area (Å²) in [6.07, 6.45) is 1.16. The number of hydrogen-bond donors (Lipinski definition) is 2. The molecule has 0 spiro atoms. The highest BCUT2D eigenvalue weighted by Crippen LogP contribution is 2.19. The Hall–Kier alpha value is -0.690. The van der Waals surface area contributed by atoms with Gasteiger partial charge in [-0.3, -0.25) is 0 Å². The van der Waals surface area contributed by atoms with Gasteiger partial charge in [-0.1, -0.05) is 19.9 Å². The van der Waals surface area contributed by atoms with Crippen LogP contribution in [0, 0.1) is 5.82 Å². The summed E-state index contributed by atoms with van der Waals surface area (Å²) in [4.78, 5) is -0.0813. The Kier molecular flexibility index (Phi) is 6.93. The maximum Gasteiger partial charge on any atom is 0.241 e. The van der Waals surface area contributed by atoms with E-state index >= 15 is 0 Å². The van der Waals surface area contributed by atoms with Crippen molar-refractivity contribution < 1.29 is 12.8 Å². The van der Waals surface area contributed by atoms with Crippen LogP contribution in [0.2, 0.25) is 0 Å². The summed E-state index contributed by atoms with van der Waals surface area (Å²) in [6, 6.07) is 4.92. The number of hydrogen-bond acceptors (Lipinski definition) is 3. The predicted octanol–water partition coefficient (Wildman–Crippen LogP) is 2.04. The highest BCUT2D eigenvalue weighted by atomic mass is 35.5. The van der Waals surface area contributed by atoms with Crippen LogP contribution in [0.3, 0.4) is 0 Å². The highest BCUT2D eigenvalue weighted by Gasteiger charge is 2.30. The van der Waals surface area contributed by atoms with E-state index in [-0.39, 0.29) is 23.8 Å². The maximum absolute atomic E-state index is 13.1. The molecule has 0 aliphatic carbocycles. The fourth-order valence-corrected chi connectivity index (χ4v) is 3.29. The average Bonchev–Trinajstić information content (AvgIpc) is 2.36. The molecule has 0 aliphatic heterocycles. The van der Waals surface area contributed by atoms with Gasteiger partial charge in [0.1, 0.15) is 5.82 Å². The molecule has 0 fully saturated rings. The van der Waals surface area contributed by atoms with Crippen LogP contribution in [-0.4, -0.2) is 20.5 Å². The van der Waals surface area contributed by atoms with Gasteiger partial charge >= 0.3 is 0 Å². The predicted molar refractivity (Wildman–Crippen MR) is 76.3 cm³/mol. The molecule has 0 aromatic heterocycles. The Bertz CT molecular complexity index is 496. The molecule has 0 saturated heterocycles. The third kappa shape index (κ3) is 4.42. The van der Waals surface area contributed by atoms with E-state index < -0.39 is 21.4 Å². The molecular formula is C12H20ClFN2O2S. The average molecular weight is 311 g/mol. The number of nitrogens with one attached hydrogen (secondary N) is 1. The Morgan fingerprint density at radius 1 is 1.32 bits per heavy atom. The zero-order valence-electron chi connectivity index (χ0n) is 11.0. The SMILES string of the molecule is CCC(CC)(CN)NS(=O)(=O)c1cccc(F)c1.Cl. The van der Waals surface area contributed by atoms with Crippen molar-refractivity contribution in [3.63, 3.8) is 0 Å². The van der Waals surface area contributed by atoms with Gasteiger partial charge in [-0.25, -0.2) is 17.5 Å². The van der Waals surface area contributed by atoms with E-state index in [0.29, 0.717) is 12.8 Å². The zero-order valence-corrected chi connectivity index (χ0v) is 12.7. The van der Waals surface area contributed by atoms with Crippen LogP contribution in [-0.2, 0) is 10.0 Å². The van der Waals surface area contributed by atoms with Crippen molar-refractivity contribution in [1.82, 2.24) is 4.72 Å². The first-order valence-electron chi connectivity index (χ1n) is 5.89. The van der Waals surface area contributed by atoms with Gasteiger partial charge in [-0.15, -0.1) is 12.4 Å². The van der Waals surface area contributed by atoms with Crippen molar-refractivity contribution in [2.24, 2.45) is 5.73 Å². The van der Waals surface area contributed by atoms with Gasteiger partial charge in [0.15, 0.2) is 0 Å². The van der Waals surface area contributed by atoms with E-state index in [2.05, 4.69) is 4.72 Å². The summed E-state index contributed by atoms with van der Waals surface area (Å²) >= 11 is 0. The van der Waals surface area contributed by atoms with Crippen molar-refractivity contribution in [3.8, 4) is 0 Å². The van der Waals surface area contributed by atoms with Crippen LogP contribution in [0.25, 0.3) is 0 Å². The first-order chi connectivity index (χ1) is 8.39. The molecule has 0 bridgehead atoms. The zero-order chi connectivity index (χ0) is 13.8. The number of sulfonamides is 1. The molecule has 19 heavy (non-hydrogen) atoms. The lowest BCUT2D eigenvalue weighted by molar-refractivity contribution is 0.363. The Labute approximate surface area is 120 Å². The molecule has 1 rings (SSSR count). The first-order valence-corrected chi connectivity index (χ1v) is 7.37.